The number of thioether (sulfide) groups is 1. The number of hydrogen-bond donors (Lipinski definition) is 2. The minimum Gasteiger partial charge on any atom is -0.399 e. The summed E-state index contributed by atoms with van der Waals surface area (Å²) in [5.41, 5.74) is 6.86. The summed E-state index contributed by atoms with van der Waals surface area (Å²) in [5.74, 6) is 0.842. The van der Waals surface area contributed by atoms with Gasteiger partial charge in [-0.3, -0.25) is 4.79 Å². The number of carbonyl (C=O) groups is 1. The first kappa shape index (κ1) is 10.4. The third-order valence-corrected chi connectivity index (χ3v) is 3.99. The highest BCUT2D eigenvalue weighted by atomic mass is 32.2. The van der Waals surface area contributed by atoms with Gasteiger partial charge in [0.1, 0.15) is 0 Å². The maximum Gasteiger partial charge on any atom is 0.230 e. The Morgan fingerprint density at radius 1 is 1.47 bits per heavy atom. The highest BCUT2D eigenvalue weighted by Gasteiger charge is 2.31. The van der Waals surface area contributed by atoms with E-state index < -0.39 is 0 Å². The largest absolute Gasteiger partial charge is 0.399 e. The van der Waals surface area contributed by atoms with Gasteiger partial charge in [-0.15, -0.1) is 11.8 Å². The fraction of sp³-hybridized carbons (Fsp3) is 0.364. The molecule has 1 aromatic rings. The topological polar surface area (TPSA) is 55.1 Å². The fourth-order valence-corrected chi connectivity index (χ4v) is 2.46. The number of carbonyl (C=O) groups excluding carboxylic acids is 1. The molecule has 0 fully saturated rings. The molecular weight excluding hydrogens is 208 g/mol. The Kier molecular flexibility index (Phi) is 2.38. The third kappa shape index (κ3) is 1.95. The van der Waals surface area contributed by atoms with Crippen LogP contribution < -0.4 is 11.1 Å². The van der Waals surface area contributed by atoms with Crippen LogP contribution in [0.3, 0.4) is 0 Å². The normalized spacial score (nSPS) is 18.9. The van der Waals surface area contributed by atoms with Crippen LogP contribution in [-0.4, -0.2) is 11.7 Å². The van der Waals surface area contributed by atoms with E-state index in [1.165, 1.54) is 0 Å². The molecule has 0 unspecified atom stereocenters. The Bertz CT molecular complexity index is 415. The van der Waals surface area contributed by atoms with Crippen LogP contribution in [0.5, 0.6) is 0 Å². The molecule has 0 bridgehead atoms. The molecule has 3 nitrogen and oxygen atoms in total. The van der Waals surface area contributed by atoms with E-state index in [1.54, 1.807) is 11.8 Å². The summed E-state index contributed by atoms with van der Waals surface area (Å²) >= 11 is 1.69. The molecule has 80 valence electrons. The second-order valence-corrected chi connectivity index (χ2v) is 5.40. The van der Waals surface area contributed by atoms with Gasteiger partial charge in [0, 0.05) is 16.3 Å². The van der Waals surface area contributed by atoms with Gasteiger partial charge in [0.15, 0.2) is 0 Å². The number of rotatable bonds is 0. The Morgan fingerprint density at radius 3 is 2.93 bits per heavy atom. The maximum absolute atomic E-state index is 11.8. The smallest absolute Gasteiger partial charge is 0.230 e. The SMILES string of the molecule is CC1(C)CSc2ccc(N)cc2NC1=O. The van der Waals surface area contributed by atoms with Gasteiger partial charge in [-0.05, 0) is 18.2 Å². The van der Waals surface area contributed by atoms with E-state index in [0.717, 1.165) is 16.3 Å². The number of amides is 1. The van der Waals surface area contributed by atoms with Crippen LogP contribution in [0.25, 0.3) is 0 Å². The van der Waals surface area contributed by atoms with E-state index in [2.05, 4.69) is 5.32 Å². The van der Waals surface area contributed by atoms with E-state index in [9.17, 15) is 4.79 Å². The lowest BCUT2D eigenvalue weighted by molar-refractivity contribution is -0.122. The molecule has 0 aliphatic carbocycles. The van der Waals surface area contributed by atoms with Gasteiger partial charge in [0.25, 0.3) is 0 Å². The van der Waals surface area contributed by atoms with Gasteiger partial charge in [0.05, 0.1) is 11.1 Å². The molecule has 0 atom stereocenters. The first-order chi connectivity index (χ1) is 6.99. The quantitative estimate of drug-likeness (QED) is 0.662. The Labute approximate surface area is 93.4 Å². The van der Waals surface area contributed by atoms with Gasteiger partial charge >= 0.3 is 0 Å². The molecule has 0 radical (unpaired) electrons. The highest BCUT2D eigenvalue weighted by molar-refractivity contribution is 7.99. The molecule has 1 aliphatic heterocycles. The average Bonchev–Trinajstić information content (AvgIpc) is 2.25. The van der Waals surface area contributed by atoms with E-state index in [-0.39, 0.29) is 11.3 Å². The number of fused-ring (bicyclic) bond motifs is 1. The van der Waals surface area contributed by atoms with Crippen LogP contribution in [0.15, 0.2) is 23.1 Å². The Balaban J connectivity index is 2.40. The Hall–Kier alpha value is -1.16. The molecule has 0 aromatic heterocycles. The predicted octanol–water partition coefficient (Wildman–Crippen LogP) is 2.34. The summed E-state index contributed by atoms with van der Waals surface area (Å²) < 4.78 is 0. The summed E-state index contributed by atoms with van der Waals surface area (Å²) in [6.07, 6.45) is 0. The standard InChI is InChI=1S/C11H14N2OS/c1-11(2)6-15-9-4-3-7(12)5-8(9)13-10(11)14/h3-5H,6,12H2,1-2H3,(H,13,14). The molecule has 3 N–H and O–H groups in total. The van der Waals surface area contributed by atoms with Crippen molar-refractivity contribution in [1.29, 1.82) is 0 Å². The number of benzene rings is 1. The lowest BCUT2D eigenvalue weighted by atomic mass is 9.95. The maximum atomic E-state index is 11.8. The summed E-state index contributed by atoms with van der Waals surface area (Å²) in [7, 11) is 0. The zero-order valence-corrected chi connectivity index (χ0v) is 9.65. The lowest BCUT2D eigenvalue weighted by Crippen LogP contribution is -2.31. The van der Waals surface area contributed by atoms with Crippen LogP contribution in [0.1, 0.15) is 13.8 Å². The van der Waals surface area contributed by atoms with Crippen molar-refractivity contribution in [2.24, 2.45) is 5.41 Å². The zero-order valence-electron chi connectivity index (χ0n) is 8.83. The van der Waals surface area contributed by atoms with Crippen molar-refractivity contribution in [1.82, 2.24) is 0 Å². The second-order valence-electron chi connectivity index (χ2n) is 4.38. The number of nitrogen functional groups attached to an aromatic ring is 1. The van der Waals surface area contributed by atoms with Gasteiger partial charge in [0.2, 0.25) is 5.91 Å². The summed E-state index contributed by atoms with van der Waals surface area (Å²) in [4.78, 5) is 12.9. The summed E-state index contributed by atoms with van der Waals surface area (Å²) in [5, 5.41) is 2.91. The molecule has 15 heavy (non-hydrogen) atoms. The molecular formula is C11H14N2OS. The van der Waals surface area contributed by atoms with E-state index in [4.69, 9.17) is 5.73 Å². The lowest BCUT2D eigenvalue weighted by Gasteiger charge is -2.18. The van der Waals surface area contributed by atoms with Crippen molar-refractivity contribution < 1.29 is 4.79 Å². The number of anilines is 2. The van der Waals surface area contributed by atoms with Crippen LogP contribution in [0.2, 0.25) is 0 Å². The monoisotopic (exact) mass is 222 g/mol. The van der Waals surface area contributed by atoms with E-state index >= 15 is 0 Å². The molecule has 0 saturated carbocycles. The van der Waals surface area contributed by atoms with Crippen molar-refractivity contribution in [2.45, 2.75) is 18.7 Å². The molecule has 4 heteroatoms. The Morgan fingerprint density at radius 2 is 2.20 bits per heavy atom. The van der Waals surface area contributed by atoms with Crippen LogP contribution >= 0.6 is 11.8 Å². The molecule has 0 saturated heterocycles. The van der Waals surface area contributed by atoms with Gasteiger partial charge < -0.3 is 11.1 Å². The highest BCUT2D eigenvalue weighted by Crippen LogP contribution is 2.37. The minimum absolute atomic E-state index is 0.0550. The van der Waals surface area contributed by atoms with E-state index in [0.29, 0.717) is 5.69 Å². The van der Waals surface area contributed by atoms with Crippen molar-refractivity contribution >= 4 is 29.0 Å². The molecule has 0 spiro atoms. The van der Waals surface area contributed by atoms with Crippen molar-refractivity contribution in [3.05, 3.63) is 18.2 Å². The molecule has 2 rings (SSSR count). The first-order valence-electron chi connectivity index (χ1n) is 4.83. The third-order valence-electron chi connectivity index (χ3n) is 2.46. The minimum atomic E-state index is -0.335. The van der Waals surface area contributed by atoms with E-state index in [1.807, 2.05) is 32.0 Å². The average molecular weight is 222 g/mol. The van der Waals surface area contributed by atoms with Crippen molar-refractivity contribution in [2.75, 3.05) is 16.8 Å². The molecule has 1 aliphatic rings. The number of hydrogen-bond acceptors (Lipinski definition) is 3. The molecule has 1 amide bonds. The first-order valence-corrected chi connectivity index (χ1v) is 5.81. The van der Waals surface area contributed by atoms with Crippen LogP contribution in [0.4, 0.5) is 11.4 Å². The van der Waals surface area contributed by atoms with Gasteiger partial charge in [-0.1, -0.05) is 13.8 Å². The van der Waals surface area contributed by atoms with Crippen molar-refractivity contribution in [3.8, 4) is 0 Å². The van der Waals surface area contributed by atoms with Crippen molar-refractivity contribution in [3.63, 3.8) is 0 Å². The number of nitrogens with two attached hydrogens (primary N) is 1. The number of nitrogens with one attached hydrogen (secondary N) is 1. The second kappa shape index (κ2) is 3.45. The summed E-state index contributed by atoms with van der Waals surface area (Å²) in [6.45, 7) is 3.90. The van der Waals surface area contributed by atoms with Crippen LogP contribution in [0, 0.1) is 5.41 Å². The van der Waals surface area contributed by atoms with Crippen LogP contribution in [-0.2, 0) is 4.79 Å². The van der Waals surface area contributed by atoms with Gasteiger partial charge in [-0.25, -0.2) is 0 Å². The molecule has 1 heterocycles. The fourth-order valence-electron chi connectivity index (χ4n) is 1.39. The summed E-state index contributed by atoms with van der Waals surface area (Å²) in [6, 6.07) is 5.62. The zero-order chi connectivity index (χ0) is 11.1. The van der Waals surface area contributed by atoms with Gasteiger partial charge in [-0.2, -0.15) is 0 Å². The predicted molar refractivity (Wildman–Crippen MR) is 64.0 cm³/mol. The molecule has 1 aromatic carbocycles.